The minimum atomic E-state index is -0.779. The number of carbonyl (C=O) groups is 1. The highest BCUT2D eigenvalue weighted by Crippen LogP contribution is 1.97. The highest BCUT2D eigenvalue weighted by molar-refractivity contribution is 5.87. The summed E-state index contributed by atoms with van der Waals surface area (Å²) >= 11 is 0. The van der Waals surface area contributed by atoms with Crippen molar-refractivity contribution in [1.29, 1.82) is 0 Å². The number of hydrogen-bond acceptors (Lipinski definition) is 3. The largest absolute Gasteiger partial charge is 0.447 e. The summed E-state index contributed by atoms with van der Waals surface area (Å²) in [6.45, 7) is 0.224. The highest BCUT2D eigenvalue weighted by atomic mass is 16.5. The first-order valence-electron chi connectivity index (χ1n) is 4.34. The molecule has 15 heavy (non-hydrogen) atoms. The summed E-state index contributed by atoms with van der Waals surface area (Å²) in [5.41, 5.74) is 11.0. The molecule has 1 amide bonds. The number of carbonyl (C=O) groups excluding carboxylic acids is 1. The van der Waals surface area contributed by atoms with Gasteiger partial charge in [0.15, 0.2) is 5.96 Å². The molecule has 1 aromatic heterocycles. The van der Waals surface area contributed by atoms with Gasteiger partial charge in [-0.2, -0.15) is 0 Å². The van der Waals surface area contributed by atoms with Gasteiger partial charge in [-0.25, -0.2) is 4.79 Å². The number of nitrogens with zero attached hydrogens (tertiary/aromatic N) is 2. The Balaban J connectivity index is 2.28. The monoisotopic (exact) mass is 208 g/mol. The quantitative estimate of drug-likeness (QED) is 0.539. The van der Waals surface area contributed by atoms with Crippen LogP contribution in [0.25, 0.3) is 0 Å². The van der Waals surface area contributed by atoms with Crippen molar-refractivity contribution in [2.24, 2.45) is 16.5 Å². The Kier molecular flexibility index (Phi) is 4.08. The maximum atomic E-state index is 10.9. The molecule has 0 saturated heterocycles. The van der Waals surface area contributed by atoms with Crippen molar-refractivity contribution in [3.05, 3.63) is 30.1 Å². The van der Waals surface area contributed by atoms with E-state index in [9.17, 15) is 4.79 Å². The molecule has 80 valence electrons. The second-order valence-corrected chi connectivity index (χ2v) is 2.76. The minimum absolute atomic E-state index is 0.224. The molecule has 0 aliphatic rings. The smallest absolute Gasteiger partial charge is 0.436 e. The summed E-state index contributed by atoms with van der Waals surface area (Å²) in [4.78, 5) is 18.0. The van der Waals surface area contributed by atoms with Gasteiger partial charge in [-0.1, -0.05) is 6.07 Å². The number of rotatable bonds is 3. The minimum Gasteiger partial charge on any atom is -0.447 e. The summed E-state index contributed by atoms with van der Waals surface area (Å²) in [5.74, 6) is -0.304. The van der Waals surface area contributed by atoms with Crippen LogP contribution < -0.4 is 11.5 Å². The van der Waals surface area contributed by atoms with Gasteiger partial charge in [-0.05, 0) is 11.6 Å². The fourth-order valence-electron chi connectivity index (χ4n) is 0.940. The second kappa shape index (κ2) is 5.58. The molecule has 0 atom stereocenters. The Hall–Kier alpha value is -2.11. The lowest BCUT2D eigenvalue weighted by atomic mass is 10.2. The Morgan fingerprint density at radius 1 is 1.53 bits per heavy atom. The number of amides is 1. The van der Waals surface area contributed by atoms with Crippen molar-refractivity contribution >= 4 is 12.1 Å². The molecule has 4 N–H and O–H groups in total. The van der Waals surface area contributed by atoms with E-state index in [2.05, 4.69) is 9.98 Å². The average molecular weight is 208 g/mol. The summed E-state index contributed by atoms with van der Waals surface area (Å²) in [6.07, 6.45) is 3.18. The summed E-state index contributed by atoms with van der Waals surface area (Å²) in [5, 5.41) is 0. The van der Waals surface area contributed by atoms with Crippen molar-refractivity contribution in [3.8, 4) is 0 Å². The molecule has 0 aliphatic heterocycles. The molecule has 0 fully saturated rings. The van der Waals surface area contributed by atoms with Crippen LogP contribution in [0.5, 0.6) is 0 Å². The van der Waals surface area contributed by atoms with E-state index < -0.39 is 6.09 Å². The van der Waals surface area contributed by atoms with Gasteiger partial charge in [-0.15, -0.1) is 4.99 Å². The number of guanidine groups is 1. The number of ether oxygens (including phenoxy) is 1. The van der Waals surface area contributed by atoms with Crippen LogP contribution in [-0.2, 0) is 11.2 Å². The van der Waals surface area contributed by atoms with E-state index in [0.29, 0.717) is 6.42 Å². The Labute approximate surface area is 87.0 Å². The van der Waals surface area contributed by atoms with Crippen LogP contribution in [0.1, 0.15) is 5.56 Å². The lowest BCUT2D eigenvalue weighted by molar-refractivity contribution is 0.158. The molecule has 6 heteroatoms. The first kappa shape index (κ1) is 11.0. The predicted octanol–water partition coefficient (Wildman–Crippen LogP) is 0.0341. The average Bonchev–Trinajstić information content (AvgIpc) is 2.18. The van der Waals surface area contributed by atoms with Gasteiger partial charge < -0.3 is 16.2 Å². The van der Waals surface area contributed by atoms with Gasteiger partial charge in [0, 0.05) is 18.8 Å². The van der Waals surface area contributed by atoms with Gasteiger partial charge >= 0.3 is 6.09 Å². The lowest BCUT2D eigenvalue weighted by Gasteiger charge is -2.01. The molecule has 0 aliphatic carbocycles. The number of hydrogen-bond donors (Lipinski definition) is 2. The Bertz CT molecular complexity index is 346. The van der Waals surface area contributed by atoms with Gasteiger partial charge in [-0.3, -0.25) is 4.98 Å². The van der Waals surface area contributed by atoms with Crippen molar-refractivity contribution in [3.63, 3.8) is 0 Å². The van der Waals surface area contributed by atoms with E-state index >= 15 is 0 Å². The van der Waals surface area contributed by atoms with Crippen molar-refractivity contribution in [1.82, 2.24) is 4.98 Å². The molecule has 0 aromatic carbocycles. The van der Waals surface area contributed by atoms with Crippen LogP contribution in [0, 0.1) is 0 Å². The van der Waals surface area contributed by atoms with E-state index in [4.69, 9.17) is 16.2 Å². The van der Waals surface area contributed by atoms with Gasteiger partial charge in [0.2, 0.25) is 0 Å². The molecular formula is C9H12N4O2. The number of aliphatic imine (C=N–C) groups is 1. The summed E-state index contributed by atoms with van der Waals surface area (Å²) < 4.78 is 4.74. The number of aromatic nitrogens is 1. The molecule has 0 saturated carbocycles. The van der Waals surface area contributed by atoms with Crippen LogP contribution in [0.3, 0.4) is 0 Å². The molecule has 6 nitrogen and oxygen atoms in total. The lowest BCUT2D eigenvalue weighted by Crippen LogP contribution is -2.24. The molecule has 0 spiro atoms. The molecule has 0 bridgehead atoms. The fraction of sp³-hybridized carbons (Fsp3) is 0.222. The first-order valence-corrected chi connectivity index (χ1v) is 4.34. The van der Waals surface area contributed by atoms with Crippen molar-refractivity contribution in [2.45, 2.75) is 6.42 Å². The third-order valence-electron chi connectivity index (χ3n) is 1.56. The molecule has 0 unspecified atom stereocenters. The molecule has 1 aromatic rings. The topological polar surface area (TPSA) is 104 Å². The maximum absolute atomic E-state index is 10.9. The van der Waals surface area contributed by atoms with E-state index in [1.165, 1.54) is 0 Å². The zero-order chi connectivity index (χ0) is 11.1. The molecule has 1 rings (SSSR count). The van der Waals surface area contributed by atoms with E-state index in [-0.39, 0.29) is 12.6 Å². The standard InChI is InChI=1S/C9H12N4O2/c10-8(11)13-9(14)15-5-3-7-2-1-4-12-6-7/h1-2,4,6H,3,5H2,(H4,10,11,13,14). The molecule has 1 heterocycles. The van der Waals surface area contributed by atoms with Gasteiger partial charge in [0.25, 0.3) is 0 Å². The van der Waals surface area contributed by atoms with Crippen LogP contribution >= 0.6 is 0 Å². The van der Waals surface area contributed by atoms with E-state index in [1.54, 1.807) is 12.4 Å². The highest BCUT2D eigenvalue weighted by Gasteiger charge is 2.00. The number of pyridine rings is 1. The predicted molar refractivity (Wildman–Crippen MR) is 55.1 cm³/mol. The zero-order valence-electron chi connectivity index (χ0n) is 8.09. The Morgan fingerprint density at radius 3 is 2.93 bits per heavy atom. The normalized spacial score (nSPS) is 9.33. The molecular weight excluding hydrogens is 196 g/mol. The first-order chi connectivity index (χ1) is 7.18. The van der Waals surface area contributed by atoms with Gasteiger partial charge in [0.1, 0.15) is 0 Å². The van der Waals surface area contributed by atoms with Crippen molar-refractivity contribution in [2.75, 3.05) is 6.61 Å². The summed E-state index contributed by atoms with van der Waals surface area (Å²) in [7, 11) is 0. The van der Waals surface area contributed by atoms with Crippen LogP contribution in [-0.4, -0.2) is 23.6 Å². The fourth-order valence-corrected chi connectivity index (χ4v) is 0.940. The van der Waals surface area contributed by atoms with Crippen LogP contribution in [0.4, 0.5) is 4.79 Å². The SMILES string of the molecule is NC(N)=NC(=O)OCCc1cccnc1. The van der Waals surface area contributed by atoms with Crippen molar-refractivity contribution < 1.29 is 9.53 Å². The maximum Gasteiger partial charge on any atom is 0.436 e. The number of nitrogens with two attached hydrogens (primary N) is 2. The Morgan fingerprint density at radius 2 is 2.33 bits per heavy atom. The molecule has 0 radical (unpaired) electrons. The summed E-state index contributed by atoms with van der Waals surface area (Å²) in [6, 6.07) is 3.70. The second-order valence-electron chi connectivity index (χ2n) is 2.76. The third-order valence-corrected chi connectivity index (χ3v) is 1.56. The van der Waals surface area contributed by atoms with E-state index in [0.717, 1.165) is 5.56 Å². The zero-order valence-corrected chi connectivity index (χ0v) is 8.09. The van der Waals surface area contributed by atoms with E-state index in [1.807, 2.05) is 12.1 Å². The van der Waals surface area contributed by atoms with Crippen LogP contribution in [0.15, 0.2) is 29.5 Å². The van der Waals surface area contributed by atoms with Gasteiger partial charge in [0.05, 0.1) is 6.61 Å². The van der Waals surface area contributed by atoms with Crippen LogP contribution in [0.2, 0.25) is 0 Å². The third kappa shape index (κ3) is 4.61.